The number of rotatable bonds is 5. The van der Waals surface area contributed by atoms with Crippen LogP contribution in [0.5, 0.6) is 0 Å². The number of pyridine rings is 1. The molecule has 2 heterocycles. The quantitative estimate of drug-likeness (QED) is 0.772. The monoisotopic (exact) mass is 344 g/mol. The standard InChI is InChI=1S/C13H14BrClN2S/c1-2-4-11(12-5-3-6-18-12)17-13-10(15)7-9(14)8-16-13/h3,5-8,11H,2,4H2,1H3,(H,16,17). The van der Waals surface area contributed by atoms with Gasteiger partial charge in [-0.15, -0.1) is 11.3 Å². The average Bonchev–Trinajstić information content (AvgIpc) is 2.85. The van der Waals surface area contributed by atoms with Gasteiger partial charge in [-0.3, -0.25) is 0 Å². The van der Waals surface area contributed by atoms with Gasteiger partial charge < -0.3 is 5.32 Å². The highest BCUT2D eigenvalue weighted by molar-refractivity contribution is 9.10. The van der Waals surface area contributed by atoms with Crippen molar-refractivity contribution in [2.45, 2.75) is 25.8 Å². The van der Waals surface area contributed by atoms with Gasteiger partial charge in [-0.1, -0.05) is 31.0 Å². The summed E-state index contributed by atoms with van der Waals surface area (Å²) in [4.78, 5) is 5.64. The summed E-state index contributed by atoms with van der Waals surface area (Å²) in [6, 6.07) is 6.35. The first-order valence-corrected chi connectivity index (χ1v) is 7.86. The minimum absolute atomic E-state index is 0.279. The van der Waals surface area contributed by atoms with E-state index in [4.69, 9.17) is 11.6 Å². The predicted molar refractivity (Wildman–Crippen MR) is 82.5 cm³/mol. The molecular weight excluding hydrogens is 332 g/mol. The Hall–Kier alpha value is -0.580. The molecule has 1 unspecified atom stereocenters. The largest absolute Gasteiger partial charge is 0.361 e. The van der Waals surface area contributed by atoms with Crippen LogP contribution in [0.1, 0.15) is 30.7 Å². The van der Waals surface area contributed by atoms with E-state index in [9.17, 15) is 0 Å². The van der Waals surface area contributed by atoms with Crippen LogP contribution in [0, 0.1) is 0 Å². The molecule has 0 radical (unpaired) electrons. The first kappa shape index (κ1) is 13.8. The second-order valence-electron chi connectivity index (χ2n) is 3.98. The molecule has 0 amide bonds. The fourth-order valence-electron chi connectivity index (χ4n) is 1.75. The van der Waals surface area contributed by atoms with Gasteiger partial charge in [-0.25, -0.2) is 4.98 Å². The van der Waals surface area contributed by atoms with Gasteiger partial charge in [0.2, 0.25) is 0 Å². The predicted octanol–water partition coefficient (Wildman–Crippen LogP) is 5.51. The molecule has 0 fully saturated rings. The zero-order valence-electron chi connectivity index (χ0n) is 9.99. The lowest BCUT2D eigenvalue weighted by Gasteiger charge is -2.18. The van der Waals surface area contributed by atoms with Gasteiger partial charge in [0.05, 0.1) is 11.1 Å². The summed E-state index contributed by atoms with van der Waals surface area (Å²) in [5.74, 6) is 0.742. The molecule has 0 aromatic carbocycles. The summed E-state index contributed by atoms with van der Waals surface area (Å²) in [5.41, 5.74) is 0. The topological polar surface area (TPSA) is 24.9 Å². The van der Waals surface area contributed by atoms with Crippen molar-refractivity contribution in [2.24, 2.45) is 0 Å². The van der Waals surface area contributed by atoms with E-state index in [0.29, 0.717) is 5.02 Å². The molecule has 2 rings (SSSR count). The number of nitrogens with zero attached hydrogens (tertiary/aromatic N) is 1. The highest BCUT2D eigenvalue weighted by atomic mass is 79.9. The maximum absolute atomic E-state index is 6.18. The van der Waals surface area contributed by atoms with E-state index in [1.54, 1.807) is 17.5 Å². The fourth-order valence-corrected chi connectivity index (χ4v) is 3.25. The van der Waals surface area contributed by atoms with Crippen LogP contribution in [0.4, 0.5) is 5.82 Å². The summed E-state index contributed by atoms with van der Waals surface area (Å²) in [6.45, 7) is 2.18. The zero-order chi connectivity index (χ0) is 13.0. The minimum Gasteiger partial charge on any atom is -0.361 e. The Morgan fingerprint density at radius 1 is 1.56 bits per heavy atom. The maximum Gasteiger partial charge on any atom is 0.145 e. The van der Waals surface area contributed by atoms with Crippen LogP contribution in [-0.2, 0) is 0 Å². The molecule has 0 saturated carbocycles. The molecule has 18 heavy (non-hydrogen) atoms. The lowest BCUT2D eigenvalue weighted by Crippen LogP contribution is -2.10. The third kappa shape index (κ3) is 3.46. The molecule has 1 atom stereocenters. The fraction of sp³-hybridized carbons (Fsp3) is 0.308. The highest BCUT2D eigenvalue weighted by Crippen LogP contribution is 2.30. The number of thiophene rings is 1. The van der Waals surface area contributed by atoms with E-state index in [1.165, 1.54) is 4.88 Å². The van der Waals surface area contributed by atoms with Gasteiger partial charge in [0.15, 0.2) is 0 Å². The molecule has 0 saturated heterocycles. The van der Waals surface area contributed by atoms with Crippen LogP contribution in [0.3, 0.4) is 0 Å². The Morgan fingerprint density at radius 3 is 3.00 bits per heavy atom. The SMILES string of the molecule is CCCC(Nc1ncc(Br)cc1Cl)c1cccs1. The average molecular weight is 346 g/mol. The number of aromatic nitrogens is 1. The number of nitrogens with one attached hydrogen (secondary N) is 1. The van der Waals surface area contributed by atoms with E-state index < -0.39 is 0 Å². The first-order chi connectivity index (χ1) is 8.70. The first-order valence-electron chi connectivity index (χ1n) is 5.81. The lowest BCUT2D eigenvalue weighted by molar-refractivity contribution is 0.684. The molecule has 2 nitrogen and oxygen atoms in total. The van der Waals surface area contributed by atoms with E-state index in [0.717, 1.165) is 23.1 Å². The van der Waals surface area contributed by atoms with Gasteiger partial charge in [0.25, 0.3) is 0 Å². The Bertz CT molecular complexity index is 502. The van der Waals surface area contributed by atoms with E-state index >= 15 is 0 Å². The third-order valence-electron chi connectivity index (χ3n) is 2.58. The van der Waals surface area contributed by atoms with Gasteiger partial charge in [0, 0.05) is 15.5 Å². The van der Waals surface area contributed by atoms with Crippen molar-refractivity contribution in [3.8, 4) is 0 Å². The molecule has 0 aliphatic carbocycles. The zero-order valence-corrected chi connectivity index (χ0v) is 13.1. The normalized spacial score (nSPS) is 12.4. The minimum atomic E-state index is 0.279. The molecule has 0 bridgehead atoms. The van der Waals surface area contributed by atoms with Crippen LogP contribution >= 0.6 is 38.9 Å². The van der Waals surface area contributed by atoms with Crippen molar-refractivity contribution < 1.29 is 0 Å². The maximum atomic E-state index is 6.18. The second kappa shape index (κ2) is 6.55. The van der Waals surface area contributed by atoms with Crippen molar-refractivity contribution >= 4 is 44.7 Å². The van der Waals surface area contributed by atoms with Gasteiger partial charge in [-0.2, -0.15) is 0 Å². The third-order valence-corrected chi connectivity index (χ3v) is 4.29. The van der Waals surface area contributed by atoms with Crippen molar-refractivity contribution in [1.82, 2.24) is 4.98 Å². The molecule has 5 heteroatoms. The number of anilines is 1. The summed E-state index contributed by atoms with van der Waals surface area (Å²) in [7, 11) is 0. The second-order valence-corrected chi connectivity index (χ2v) is 6.29. The van der Waals surface area contributed by atoms with Crippen molar-refractivity contribution in [3.63, 3.8) is 0 Å². The van der Waals surface area contributed by atoms with Crippen LogP contribution in [0.15, 0.2) is 34.2 Å². The van der Waals surface area contributed by atoms with Crippen LogP contribution in [-0.4, -0.2) is 4.98 Å². The van der Waals surface area contributed by atoms with Crippen molar-refractivity contribution in [1.29, 1.82) is 0 Å². The smallest absolute Gasteiger partial charge is 0.145 e. The van der Waals surface area contributed by atoms with Crippen LogP contribution in [0.2, 0.25) is 5.02 Å². The Balaban J connectivity index is 2.18. The summed E-state index contributed by atoms with van der Waals surface area (Å²) in [6.07, 6.45) is 3.93. The molecule has 0 spiro atoms. The van der Waals surface area contributed by atoms with E-state index in [-0.39, 0.29) is 6.04 Å². The summed E-state index contributed by atoms with van der Waals surface area (Å²) in [5, 5.41) is 6.16. The molecular formula is C13H14BrClN2S. The lowest BCUT2D eigenvalue weighted by atomic mass is 10.1. The van der Waals surface area contributed by atoms with Crippen LogP contribution in [0.25, 0.3) is 0 Å². The van der Waals surface area contributed by atoms with E-state index in [1.807, 2.05) is 6.07 Å². The molecule has 2 aromatic heterocycles. The van der Waals surface area contributed by atoms with E-state index in [2.05, 4.69) is 50.7 Å². The molecule has 96 valence electrons. The van der Waals surface area contributed by atoms with Crippen LogP contribution < -0.4 is 5.32 Å². The number of hydrogen-bond donors (Lipinski definition) is 1. The summed E-state index contributed by atoms with van der Waals surface area (Å²) < 4.78 is 0.890. The highest BCUT2D eigenvalue weighted by Gasteiger charge is 2.13. The van der Waals surface area contributed by atoms with Crippen molar-refractivity contribution in [2.75, 3.05) is 5.32 Å². The Labute approximate surface area is 125 Å². The summed E-state index contributed by atoms with van der Waals surface area (Å²) >= 11 is 11.3. The number of halogens is 2. The van der Waals surface area contributed by atoms with Gasteiger partial charge in [0.1, 0.15) is 5.82 Å². The Kier molecular flexibility index (Phi) is 5.03. The number of hydrogen-bond acceptors (Lipinski definition) is 3. The molecule has 1 N–H and O–H groups in total. The van der Waals surface area contributed by atoms with Gasteiger partial charge >= 0.3 is 0 Å². The molecule has 2 aromatic rings. The molecule has 0 aliphatic heterocycles. The Morgan fingerprint density at radius 2 is 2.39 bits per heavy atom. The molecule has 0 aliphatic rings. The van der Waals surface area contributed by atoms with Gasteiger partial charge in [-0.05, 0) is 39.9 Å². The van der Waals surface area contributed by atoms with Crippen molar-refractivity contribution in [3.05, 3.63) is 44.1 Å².